The zero-order chi connectivity index (χ0) is 13.0. The molecule has 0 bridgehead atoms. The lowest BCUT2D eigenvalue weighted by molar-refractivity contribution is 0.154. The van der Waals surface area contributed by atoms with Crippen LogP contribution in [0, 0.1) is 0 Å². The third-order valence-corrected chi connectivity index (χ3v) is 4.38. The number of rotatable bonds is 6. The molecule has 0 amide bonds. The van der Waals surface area contributed by atoms with Crippen molar-refractivity contribution in [2.75, 3.05) is 27.2 Å². The number of aryl methyl sites for hydroxylation is 1. The second kappa shape index (κ2) is 5.85. The highest BCUT2D eigenvalue weighted by Crippen LogP contribution is 2.32. The lowest BCUT2D eigenvalue weighted by Gasteiger charge is -2.36. The molecule has 0 atom stereocenters. The van der Waals surface area contributed by atoms with Crippen molar-refractivity contribution in [3.8, 4) is 0 Å². The Morgan fingerprint density at radius 2 is 2.11 bits per heavy atom. The van der Waals surface area contributed by atoms with Crippen LogP contribution < -0.4 is 5.32 Å². The highest BCUT2D eigenvalue weighted by atomic mass is 15.2. The van der Waals surface area contributed by atoms with E-state index in [1.807, 2.05) is 12.4 Å². The fourth-order valence-electron chi connectivity index (χ4n) is 2.97. The van der Waals surface area contributed by atoms with Crippen molar-refractivity contribution in [2.45, 2.75) is 37.6 Å². The Labute approximate surface area is 110 Å². The van der Waals surface area contributed by atoms with Crippen molar-refractivity contribution in [3.05, 3.63) is 18.2 Å². The van der Waals surface area contributed by atoms with E-state index in [-0.39, 0.29) is 0 Å². The van der Waals surface area contributed by atoms with Crippen LogP contribution in [0.3, 0.4) is 0 Å². The van der Waals surface area contributed by atoms with Gasteiger partial charge in [0.1, 0.15) is 5.82 Å². The highest BCUT2D eigenvalue weighted by molar-refractivity contribution is 4.95. The Morgan fingerprint density at radius 3 is 2.67 bits per heavy atom. The van der Waals surface area contributed by atoms with E-state index in [0.29, 0.717) is 5.54 Å². The fraction of sp³-hybridized carbons (Fsp3) is 0.786. The van der Waals surface area contributed by atoms with Crippen LogP contribution >= 0.6 is 0 Å². The number of aromatic nitrogens is 2. The van der Waals surface area contributed by atoms with E-state index >= 15 is 0 Å². The van der Waals surface area contributed by atoms with Crippen molar-refractivity contribution >= 4 is 0 Å². The van der Waals surface area contributed by atoms with Crippen molar-refractivity contribution in [3.63, 3.8) is 0 Å². The molecule has 0 radical (unpaired) electrons. The van der Waals surface area contributed by atoms with Crippen LogP contribution in [-0.2, 0) is 13.5 Å². The topological polar surface area (TPSA) is 33.1 Å². The van der Waals surface area contributed by atoms with E-state index in [1.54, 1.807) is 0 Å². The quantitative estimate of drug-likeness (QED) is 0.775. The summed E-state index contributed by atoms with van der Waals surface area (Å²) in [5, 5.41) is 3.62. The van der Waals surface area contributed by atoms with Gasteiger partial charge in [-0.1, -0.05) is 12.8 Å². The molecule has 1 aromatic rings. The number of nitrogens with one attached hydrogen (secondary N) is 1. The van der Waals surface area contributed by atoms with Crippen LogP contribution in [0.4, 0.5) is 0 Å². The zero-order valence-electron chi connectivity index (χ0n) is 11.9. The molecule has 1 saturated carbocycles. The zero-order valence-corrected chi connectivity index (χ0v) is 11.9. The molecule has 2 rings (SSSR count). The van der Waals surface area contributed by atoms with Gasteiger partial charge >= 0.3 is 0 Å². The molecule has 1 aromatic heterocycles. The van der Waals surface area contributed by atoms with Gasteiger partial charge in [-0.15, -0.1) is 0 Å². The summed E-state index contributed by atoms with van der Waals surface area (Å²) in [7, 11) is 6.48. The van der Waals surface area contributed by atoms with Gasteiger partial charge in [0.2, 0.25) is 0 Å². The minimum absolute atomic E-state index is 0.391. The summed E-state index contributed by atoms with van der Waals surface area (Å²) < 4.78 is 2.10. The number of imidazole rings is 1. The maximum absolute atomic E-state index is 4.35. The van der Waals surface area contributed by atoms with E-state index in [2.05, 4.69) is 40.9 Å². The van der Waals surface area contributed by atoms with Gasteiger partial charge in [-0.2, -0.15) is 0 Å². The van der Waals surface area contributed by atoms with E-state index in [4.69, 9.17) is 0 Å². The summed E-state index contributed by atoms with van der Waals surface area (Å²) in [5.41, 5.74) is 0.391. The summed E-state index contributed by atoms with van der Waals surface area (Å²) in [6, 6.07) is 0. The standard InChI is InChI=1S/C14H26N4/c1-17(2)14(7-4-5-8-14)12-15-9-6-13-16-10-11-18(13)3/h10-11,15H,4-9,12H2,1-3H3. The van der Waals surface area contributed by atoms with Crippen LogP contribution in [0.5, 0.6) is 0 Å². The van der Waals surface area contributed by atoms with Gasteiger partial charge in [-0.3, -0.25) is 0 Å². The summed E-state index contributed by atoms with van der Waals surface area (Å²) in [6.45, 7) is 2.12. The van der Waals surface area contributed by atoms with Crippen LogP contribution in [0.1, 0.15) is 31.5 Å². The first-order chi connectivity index (χ1) is 8.64. The average molecular weight is 250 g/mol. The minimum atomic E-state index is 0.391. The number of hydrogen-bond donors (Lipinski definition) is 1. The molecule has 18 heavy (non-hydrogen) atoms. The predicted octanol–water partition coefficient (Wildman–Crippen LogP) is 1.43. The lowest BCUT2D eigenvalue weighted by atomic mass is 9.96. The first-order valence-electron chi connectivity index (χ1n) is 6.98. The van der Waals surface area contributed by atoms with Crippen LogP contribution in [0.25, 0.3) is 0 Å². The maximum atomic E-state index is 4.35. The summed E-state index contributed by atoms with van der Waals surface area (Å²) in [5.74, 6) is 1.16. The van der Waals surface area contributed by atoms with E-state index in [1.165, 1.54) is 25.7 Å². The second-order valence-electron chi connectivity index (χ2n) is 5.71. The SMILES string of the molecule is CN(C)C1(CNCCc2nccn2C)CCCC1. The molecule has 1 fully saturated rings. The molecule has 0 saturated heterocycles. The molecule has 4 heteroatoms. The number of hydrogen-bond acceptors (Lipinski definition) is 3. The van der Waals surface area contributed by atoms with Gasteiger partial charge in [0.05, 0.1) is 0 Å². The van der Waals surface area contributed by atoms with Gasteiger partial charge in [-0.25, -0.2) is 4.98 Å². The molecule has 0 aromatic carbocycles. The fourth-order valence-corrected chi connectivity index (χ4v) is 2.97. The van der Waals surface area contributed by atoms with Crippen molar-refractivity contribution in [1.82, 2.24) is 19.8 Å². The van der Waals surface area contributed by atoms with Crippen molar-refractivity contribution < 1.29 is 0 Å². The van der Waals surface area contributed by atoms with Gasteiger partial charge in [0.25, 0.3) is 0 Å². The third-order valence-electron chi connectivity index (χ3n) is 4.38. The van der Waals surface area contributed by atoms with Crippen LogP contribution in [-0.4, -0.2) is 47.2 Å². The highest BCUT2D eigenvalue weighted by Gasteiger charge is 2.35. The molecule has 0 spiro atoms. The molecule has 1 N–H and O–H groups in total. The van der Waals surface area contributed by atoms with Crippen molar-refractivity contribution in [1.29, 1.82) is 0 Å². The molecular formula is C14H26N4. The second-order valence-corrected chi connectivity index (χ2v) is 5.71. The Balaban J connectivity index is 1.76. The first-order valence-corrected chi connectivity index (χ1v) is 6.98. The Morgan fingerprint density at radius 1 is 1.39 bits per heavy atom. The smallest absolute Gasteiger partial charge is 0.109 e. The third kappa shape index (κ3) is 2.93. The molecule has 1 aliphatic carbocycles. The Hall–Kier alpha value is -0.870. The summed E-state index contributed by atoms with van der Waals surface area (Å²) in [4.78, 5) is 6.76. The maximum Gasteiger partial charge on any atom is 0.109 e. The monoisotopic (exact) mass is 250 g/mol. The van der Waals surface area contributed by atoms with Crippen LogP contribution in [0.15, 0.2) is 12.4 Å². The molecule has 1 heterocycles. The number of nitrogens with zero attached hydrogens (tertiary/aromatic N) is 3. The average Bonchev–Trinajstić information content (AvgIpc) is 2.95. The van der Waals surface area contributed by atoms with Crippen LogP contribution in [0.2, 0.25) is 0 Å². The van der Waals surface area contributed by atoms with Gasteiger partial charge < -0.3 is 14.8 Å². The van der Waals surface area contributed by atoms with E-state index in [9.17, 15) is 0 Å². The summed E-state index contributed by atoms with van der Waals surface area (Å²) in [6.07, 6.45) is 10.3. The lowest BCUT2D eigenvalue weighted by Crippen LogP contribution is -2.49. The predicted molar refractivity (Wildman–Crippen MR) is 74.7 cm³/mol. The summed E-state index contributed by atoms with van der Waals surface area (Å²) >= 11 is 0. The molecule has 0 aliphatic heterocycles. The largest absolute Gasteiger partial charge is 0.338 e. The minimum Gasteiger partial charge on any atom is -0.338 e. The van der Waals surface area contributed by atoms with E-state index < -0.39 is 0 Å². The molecule has 0 unspecified atom stereocenters. The van der Waals surface area contributed by atoms with Crippen molar-refractivity contribution in [2.24, 2.45) is 7.05 Å². The van der Waals surface area contributed by atoms with Gasteiger partial charge in [0.15, 0.2) is 0 Å². The number of likely N-dealkylation sites (N-methyl/N-ethyl adjacent to an activating group) is 1. The van der Waals surface area contributed by atoms with Gasteiger partial charge in [0, 0.05) is 44.5 Å². The van der Waals surface area contributed by atoms with E-state index in [0.717, 1.165) is 25.3 Å². The molecule has 1 aliphatic rings. The molecule has 4 nitrogen and oxygen atoms in total. The normalized spacial score (nSPS) is 18.7. The first kappa shape index (κ1) is 13.6. The Bertz CT molecular complexity index is 364. The Kier molecular flexibility index (Phi) is 4.40. The molecule has 102 valence electrons. The van der Waals surface area contributed by atoms with Gasteiger partial charge in [-0.05, 0) is 26.9 Å². The molecular weight excluding hydrogens is 224 g/mol.